The molecule has 2 aliphatic heterocycles. The first-order valence-electron chi connectivity index (χ1n) is 38.4. The van der Waals surface area contributed by atoms with E-state index in [9.17, 15) is 32.4 Å². The molecule has 2 aliphatic rings. The Balaban J connectivity index is 2.04. The fraction of sp³-hybridized carbons (Fsp3) is 0.684. The molecule has 29 heteroatoms. The van der Waals surface area contributed by atoms with Crippen LogP contribution in [-0.2, 0) is 85.2 Å². The van der Waals surface area contributed by atoms with Crippen LogP contribution < -0.4 is 26.0 Å². The topological polar surface area (TPSA) is 342 Å². The third-order valence-corrected chi connectivity index (χ3v) is 20.6. The van der Waals surface area contributed by atoms with Gasteiger partial charge in [-0.25, -0.2) is 8.42 Å². The van der Waals surface area contributed by atoms with E-state index in [0.717, 1.165) is 17.6 Å². The number of rotatable bonds is 21. The molecule has 0 radical (unpaired) electrons. The van der Waals surface area contributed by atoms with Crippen molar-refractivity contribution in [1.82, 2.24) is 65.2 Å². The fourth-order valence-corrected chi connectivity index (χ4v) is 14.3. The lowest BCUT2D eigenvalue weighted by atomic mass is 9.96. The zero-order chi connectivity index (χ0) is 81.4. The van der Waals surface area contributed by atoms with Gasteiger partial charge < -0.3 is 60.5 Å². The Morgan fingerprint density at radius 1 is 0.417 bits per heavy atom. The molecule has 4 rings (SSSR count). The summed E-state index contributed by atoms with van der Waals surface area (Å²) in [6.07, 6.45) is 1.17. The monoisotopic (exact) mass is 1530 g/mol. The Hall–Kier alpha value is -8.50. The summed E-state index contributed by atoms with van der Waals surface area (Å²) in [7, 11) is 5.79. The van der Waals surface area contributed by atoms with Gasteiger partial charge in [0.15, 0.2) is 0 Å². The molecule has 10 atom stereocenters. The molecule has 0 unspecified atom stereocenters. The zero-order valence-electron chi connectivity index (χ0n) is 67.8. The first kappa shape index (κ1) is 91.9. The van der Waals surface area contributed by atoms with Gasteiger partial charge in [-0.15, -0.1) is 0 Å². The highest BCUT2D eigenvalue weighted by Crippen LogP contribution is 2.25. The Morgan fingerprint density at radius 2 is 0.769 bits per heavy atom. The second kappa shape index (κ2) is 43.0. The third kappa shape index (κ3) is 28.5. The predicted molar refractivity (Wildman–Crippen MR) is 414 cm³/mol. The van der Waals surface area contributed by atoms with E-state index >= 15 is 38.4 Å². The summed E-state index contributed by atoms with van der Waals surface area (Å²) in [5.41, 5.74) is 1.18. The van der Waals surface area contributed by atoms with Crippen molar-refractivity contribution < 1.29 is 70.7 Å². The van der Waals surface area contributed by atoms with Crippen molar-refractivity contribution in [2.75, 3.05) is 75.2 Å². The van der Waals surface area contributed by atoms with Gasteiger partial charge in [0.25, 0.3) is 0 Å². The first-order valence-corrected chi connectivity index (χ1v) is 40.2. The maximum Gasteiger partial charge on any atom is 0.246 e. The fourth-order valence-electron chi connectivity index (χ4n) is 13.8. The lowest BCUT2D eigenvalue weighted by molar-refractivity contribution is -0.151. The highest BCUT2D eigenvalue weighted by atomic mass is 32.2. The van der Waals surface area contributed by atoms with E-state index in [-0.39, 0.29) is 99.8 Å². The summed E-state index contributed by atoms with van der Waals surface area (Å²) >= 11 is 0. The minimum Gasteiger partial charge on any atom is -0.345 e. The Labute approximate surface area is 642 Å². The molecule has 2 fully saturated rings. The average molecular weight is 1530 g/mol. The van der Waals surface area contributed by atoms with Crippen LogP contribution in [0.5, 0.6) is 0 Å². The van der Waals surface area contributed by atoms with E-state index in [1.54, 1.807) is 79.4 Å². The Bertz CT molecular complexity index is 3500. The number of sulfonamides is 1. The van der Waals surface area contributed by atoms with Crippen LogP contribution in [0.3, 0.4) is 0 Å². The van der Waals surface area contributed by atoms with Crippen molar-refractivity contribution in [3.05, 3.63) is 71.8 Å². The molecular weight excluding hydrogens is 1400 g/mol. The van der Waals surface area contributed by atoms with Gasteiger partial charge in [-0.1, -0.05) is 144 Å². The van der Waals surface area contributed by atoms with Crippen molar-refractivity contribution in [3.8, 4) is 0 Å². The van der Waals surface area contributed by atoms with E-state index in [1.165, 1.54) is 78.7 Å². The van der Waals surface area contributed by atoms with Gasteiger partial charge >= 0.3 is 0 Å². The van der Waals surface area contributed by atoms with Crippen LogP contribution in [0.4, 0.5) is 0 Å². The van der Waals surface area contributed by atoms with Crippen LogP contribution in [0.15, 0.2) is 60.7 Å². The second-order valence-electron chi connectivity index (χ2n) is 32.2. The highest BCUT2D eigenvalue weighted by Gasteiger charge is 2.44. The number of carbonyl (C=O) groups is 13. The van der Waals surface area contributed by atoms with Crippen LogP contribution in [-0.4, -0.2) is 260 Å². The molecule has 28 nitrogen and oxygen atoms in total. The minimum absolute atomic E-state index is 0.0183. The number of nitrogens with zero attached hydrogens (tertiary/aromatic N) is 8. The molecule has 2 saturated heterocycles. The summed E-state index contributed by atoms with van der Waals surface area (Å²) in [6.45, 7) is 22.7. The van der Waals surface area contributed by atoms with Crippen molar-refractivity contribution in [2.45, 2.75) is 240 Å². The van der Waals surface area contributed by atoms with Gasteiger partial charge in [-0.2, -0.15) is 0 Å². The van der Waals surface area contributed by atoms with Gasteiger partial charge in [0.2, 0.25) is 86.8 Å². The van der Waals surface area contributed by atoms with E-state index in [4.69, 9.17) is 0 Å². The van der Waals surface area contributed by atoms with Crippen LogP contribution in [0.1, 0.15) is 178 Å². The van der Waals surface area contributed by atoms with Crippen molar-refractivity contribution in [2.24, 2.45) is 35.5 Å². The maximum absolute atomic E-state index is 15.8. The van der Waals surface area contributed by atoms with Gasteiger partial charge in [-0.05, 0) is 111 Å². The quantitative estimate of drug-likeness (QED) is 0.112. The first-order chi connectivity index (χ1) is 50.4. The molecular formula is C79H127N13O15S. The third-order valence-electron chi connectivity index (χ3n) is 20.0. The van der Waals surface area contributed by atoms with E-state index in [0.29, 0.717) is 37.1 Å². The van der Waals surface area contributed by atoms with Crippen molar-refractivity contribution in [1.29, 1.82) is 0 Å². The minimum atomic E-state index is -4.13. The Morgan fingerprint density at radius 3 is 1.21 bits per heavy atom. The summed E-state index contributed by atoms with van der Waals surface area (Å²) < 4.78 is 26.7. The predicted octanol–water partition coefficient (Wildman–Crippen LogP) is 4.77. The SMILES string of the molecule is CC(C)C[C@@H]1NC(=O)[C@H](CC(C)C)N(C)C(=O)CCN(C)C(=O)C[C@@H](C(=O)N2CCCCC2)NC(=O)[C@H](CC(C)C)N(C)C(=O)[C@H](CC(C)C)N(C)C(=O)[C@@H](CC(C)C)NC(=O)[C@H](CC(C)C)N(C)C(=O)[C@H](CCC(=O)NS(C)(=O)=O)NC(=O)[C@H](Cc2ccccc2)N(C)C(=O)[C@H](Cc2ccccc2)N(C)C1=O. The molecule has 13 amide bonds. The molecule has 108 heavy (non-hydrogen) atoms. The van der Waals surface area contributed by atoms with Gasteiger partial charge in [0.05, 0.1) is 12.7 Å². The van der Waals surface area contributed by atoms with Gasteiger partial charge in [-0.3, -0.25) is 67.1 Å². The Kier molecular flexibility index (Phi) is 36.6. The molecule has 2 heterocycles. The lowest BCUT2D eigenvalue weighted by Gasteiger charge is -2.38. The van der Waals surface area contributed by atoms with Crippen LogP contribution in [0.25, 0.3) is 0 Å². The molecule has 0 bridgehead atoms. The van der Waals surface area contributed by atoms with Crippen LogP contribution in [0.2, 0.25) is 0 Å². The van der Waals surface area contributed by atoms with Gasteiger partial charge in [0, 0.05) is 94.7 Å². The van der Waals surface area contributed by atoms with E-state index in [2.05, 4.69) is 21.3 Å². The lowest BCUT2D eigenvalue weighted by Crippen LogP contribution is -2.62. The molecule has 0 saturated carbocycles. The smallest absolute Gasteiger partial charge is 0.246 e. The number of likely N-dealkylation sites (N-methyl/N-ethyl adjacent to an activating group) is 6. The van der Waals surface area contributed by atoms with Crippen molar-refractivity contribution >= 4 is 86.8 Å². The number of likely N-dealkylation sites (tertiary alicyclic amines) is 1. The molecule has 2 aromatic rings. The summed E-state index contributed by atoms with van der Waals surface area (Å²) in [5.74, 6) is -10.8. The van der Waals surface area contributed by atoms with Gasteiger partial charge in [0.1, 0.15) is 60.4 Å². The highest BCUT2D eigenvalue weighted by molar-refractivity contribution is 7.89. The van der Waals surface area contributed by atoms with Crippen LogP contribution in [0, 0.1) is 35.5 Å². The number of piperidine rings is 1. The summed E-state index contributed by atoms with van der Waals surface area (Å²) in [4.78, 5) is 206. The van der Waals surface area contributed by atoms with E-state index < -0.39 is 166 Å². The average Bonchev–Trinajstić information content (AvgIpc) is 0.815. The molecule has 0 aliphatic carbocycles. The standard InChI is InChI=1S/C79H127N13O15S/c1-49(2)40-58-75(101)90(18)65(45-54(11)12)78(104)88(16)63(44-53(9)10)72(98)83-60(77(103)92-37-28-23-29-38-92)48-69(95)85(13)39-36-68(94)86(14)61(42-51(5)6)70(96)81-59(41-50(3)4)76(102)91(19)66(47-56-32-26-22-27-33-56)79(105)89(17)64(46-55-30-24-21-25-31-55)73(99)80-57(34-35-67(93)84-108(20,106)107)74(100)87(15)62(43-52(7)8)71(97)82-58/h21-22,24-27,30-33,49-54,57-66H,23,28-29,34-48H2,1-20H3,(H,80,99)(H,81,96)(H,82,97)(H,83,98)(H,84,93)/t57-,58+,59-,60-,61-,62-,63-,64-,65-,66-/m0/s1. The van der Waals surface area contributed by atoms with Crippen molar-refractivity contribution in [3.63, 3.8) is 0 Å². The van der Waals surface area contributed by atoms with Crippen LogP contribution >= 0.6 is 0 Å². The molecule has 0 aromatic heterocycles. The second-order valence-corrected chi connectivity index (χ2v) is 34.0. The molecule has 5 N–H and O–H groups in total. The molecule has 2 aromatic carbocycles. The zero-order valence-corrected chi connectivity index (χ0v) is 68.7. The molecule has 604 valence electrons. The number of nitrogens with one attached hydrogen (secondary N) is 5. The number of hydrogen-bond donors (Lipinski definition) is 5. The summed E-state index contributed by atoms with van der Waals surface area (Å²) in [6, 6.07) is 3.86. The number of hydrogen-bond acceptors (Lipinski definition) is 15. The largest absolute Gasteiger partial charge is 0.345 e. The number of benzene rings is 2. The summed E-state index contributed by atoms with van der Waals surface area (Å²) in [5, 5.41) is 11.5. The number of amides is 13. The van der Waals surface area contributed by atoms with E-state index in [1.807, 2.05) is 74.0 Å². The number of carbonyl (C=O) groups excluding carboxylic acids is 13. The normalized spacial score (nSPS) is 24.1. The maximum atomic E-state index is 15.8. The molecule has 0 spiro atoms.